The highest BCUT2D eigenvalue weighted by Gasteiger charge is 2.19. The Hall–Kier alpha value is -2.61. The number of nitrogens with zero attached hydrogens (tertiary/aromatic N) is 2. The zero-order chi connectivity index (χ0) is 17.1. The van der Waals surface area contributed by atoms with Crippen molar-refractivity contribution < 1.29 is 18.8 Å². The number of carbonyl (C=O) groups is 1. The Bertz CT molecular complexity index is 755. The molecule has 1 fully saturated rings. The van der Waals surface area contributed by atoms with E-state index >= 15 is 0 Å². The van der Waals surface area contributed by atoms with E-state index in [4.69, 9.17) is 14.0 Å². The van der Waals surface area contributed by atoms with Crippen LogP contribution in [0.4, 0.5) is 5.69 Å². The van der Waals surface area contributed by atoms with E-state index in [-0.39, 0.29) is 12.3 Å². The highest BCUT2D eigenvalue weighted by molar-refractivity contribution is 5.92. The number of aromatic nitrogens is 2. The van der Waals surface area contributed by atoms with Crippen LogP contribution < -0.4 is 20.1 Å². The third-order valence-corrected chi connectivity index (χ3v) is 4.28. The molecule has 0 unspecified atom stereocenters. The van der Waals surface area contributed by atoms with E-state index < -0.39 is 0 Å². The van der Waals surface area contributed by atoms with Crippen LogP contribution in [0.5, 0.6) is 11.5 Å². The molecule has 2 aliphatic rings. The minimum atomic E-state index is -0.202. The van der Waals surface area contributed by atoms with Gasteiger partial charge in [-0.25, -0.2) is 0 Å². The fourth-order valence-corrected chi connectivity index (χ4v) is 3.05. The van der Waals surface area contributed by atoms with Crippen LogP contribution in [-0.2, 0) is 17.6 Å². The number of hydrogen-bond acceptors (Lipinski definition) is 7. The van der Waals surface area contributed by atoms with Gasteiger partial charge in [-0.15, -0.1) is 0 Å². The molecule has 8 heteroatoms. The van der Waals surface area contributed by atoms with E-state index in [2.05, 4.69) is 20.8 Å². The molecule has 0 bridgehead atoms. The molecule has 2 aliphatic heterocycles. The zero-order valence-corrected chi connectivity index (χ0v) is 13.8. The van der Waals surface area contributed by atoms with Gasteiger partial charge in [-0.05, 0) is 37.6 Å². The van der Waals surface area contributed by atoms with Gasteiger partial charge in [-0.2, -0.15) is 4.98 Å². The van der Waals surface area contributed by atoms with Gasteiger partial charge in [0.1, 0.15) is 13.2 Å². The fourth-order valence-electron chi connectivity index (χ4n) is 3.05. The third kappa shape index (κ3) is 3.90. The number of benzene rings is 1. The van der Waals surface area contributed by atoms with Crippen LogP contribution >= 0.6 is 0 Å². The third-order valence-electron chi connectivity index (χ3n) is 4.28. The number of anilines is 1. The first-order valence-corrected chi connectivity index (χ1v) is 8.48. The maximum atomic E-state index is 12.2. The second kappa shape index (κ2) is 7.10. The van der Waals surface area contributed by atoms with Gasteiger partial charge in [0.15, 0.2) is 17.3 Å². The second-order valence-corrected chi connectivity index (χ2v) is 6.25. The van der Waals surface area contributed by atoms with Crippen molar-refractivity contribution in [1.82, 2.24) is 15.5 Å². The molecule has 1 aromatic heterocycles. The number of fused-ring (bicyclic) bond motifs is 1. The van der Waals surface area contributed by atoms with Crippen LogP contribution in [0.1, 0.15) is 18.1 Å². The van der Waals surface area contributed by atoms with Crippen molar-refractivity contribution in [3.05, 3.63) is 29.9 Å². The van der Waals surface area contributed by atoms with E-state index in [0.29, 0.717) is 48.0 Å². The highest BCUT2D eigenvalue weighted by atomic mass is 16.6. The molecule has 0 aliphatic carbocycles. The topological polar surface area (TPSA) is 98.5 Å². The first-order chi connectivity index (χ1) is 12.3. The predicted molar refractivity (Wildman–Crippen MR) is 88.7 cm³/mol. The smallest absolute Gasteiger partial charge is 0.232 e. The van der Waals surface area contributed by atoms with Crippen molar-refractivity contribution in [2.45, 2.75) is 19.3 Å². The lowest BCUT2D eigenvalue weighted by Crippen LogP contribution is -2.17. The molecule has 1 saturated heterocycles. The highest BCUT2D eigenvalue weighted by Crippen LogP contribution is 2.32. The van der Waals surface area contributed by atoms with Crippen LogP contribution in [-0.4, -0.2) is 42.4 Å². The number of rotatable bonds is 5. The summed E-state index contributed by atoms with van der Waals surface area (Å²) in [5.41, 5.74) is 0.648. The van der Waals surface area contributed by atoms with Crippen molar-refractivity contribution in [2.24, 2.45) is 5.92 Å². The number of amides is 1. The van der Waals surface area contributed by atoms with Crippen molar-refractivity contribution in [1.29, 1.82) is 0 Å². The van der Waals surface area contributed by atoms with E-state index in [9.17, 15) is 4.79 Å². The molecule has 25 heavy (non-hydrogen) atoms. The van der Waals surface area contributed by atoms with Gasteiger partial charge in [0.25, 0.3) is 0 Å². The fraction of sp³-hybridized carbons (Fsp3) is 0.471. The van der Waals surface area contributed by atoms with E-state index in [0.717, 1.165) is 25.9 Å². The standard InChI is InChI=1S/C17H20N4O4/c22-16(19-12-1-2-13-14(8-12)24-6-5-23-13)9-15-20-17(25-21-15)7-11-3-4-18-10-11/h1-2,8,11,18H,3-7,9-10H2,(H,19,22)/t11-/m0/s1. The number of hydrogen-bond donors (Lipinski definition) is 2. The van der Waals surface area contributed by atoms with Crippen molar-refractivity contribution >= 4 is 11.6 Å². The van der Waals surface area contributed by atoms with Crippen LogP contribution in [0.2, 0.25) is 0 Å². The van der Waals surface area contributed by atoms with Crippen LogP contribution in [0.3, 0.4) is 0 Å². The Labute approximate surface area is 144 Å². The number of carbonyl (C=O) groups excluding carboxylic acids is 1. The zero-order valence-electron chi connectivity index (χ0n) is 13.8. The Kier molecular flexibility index (Phi) is 4.51. The van der Waals surface area contributed by atoms with Gasteiger partial charge in [0, 0.05) is 18.2 Å². The summed E-state index contributed by atoms with van der Waals surface area (Å²) < 4.78 is 16.2. The van der Waals surface area contributed by atoms with E-state index in [1.807, 2.05) is 0 Å². The molecule has 0 saturated carbocycles. The average Bonchev–Trinajstić information content (AvgIpc) is 3.27. The molecule has 1 atom stereocenters. The van der Waals surface area contributed by atoms with E-state index in [1.54, 1.807) is 18.2 Å². The Balaban J connectivity index is 1.33. The molecular formula is C17H20N4O4. The molecule has 2 aromatic rings. The molecule has 0 spiro atoms. The lowest BCUT2D eigenvalue weighted by molar-refractivity contribution is -0.115. The Morgan fingerprint density at radius 2 is 2.16 bits per heavy atom. The summed E-state index contributed by atoms with van der Waals surface area (Å²) >= 11 is 0. The van der Waals surface area contributed by atoms with Crippen LogP contribution in [0.15, 0.2) is 22.7 Å². The first kappa shape index (κ1) is 15.9. The van der Waals surface area contributed by atoms with Gasteiger partial charge in [-0.1, -0.05) is 5.16 Å². The summed E-state index contributed by atoms with van der Waals surface area (Å²) in [5.74, 6) is 2.64. The Morgan fingerprint density at radius 3 is 3.00 bits per heavy atom. The second-order valence-electron chi connectivity index (χ2n) is 6.25. The lowest BCUT2D eigenvalue weighted by Gasteiger charge is -2.18. The molecule has 4 rings (SSSR count). The summed E-state index contributed by atoms with van der Waals surface area (Å²) in [5, 5.41) is 10.0. The van der Waals surface area contributed by atoms with Gasteiger partial charge < -0.3 is 24.6 Å². The van der Waals surface area contributed by atoms with Gasteiger partial charge >= 0.3 is 0 Å². The first-order valence-electron chi connectivity index (χ1n) is 8.48. The Morgan fingerprint density at radius 1 is 1.28 bits per heavy atom. The number of nitrogens with one attached hydrogen (secondary N) is 2. The van der Waals surface area contributed by atoms with Gasteiger partial charge in [-0.3, -0.25) is 4.79 Å². The van der Waals surface area contributed by atoms with Crippen molar-refractivity contribution in [2.75, 3.05) is 31.6 Å². The van der Waals surface area contributed by atoms with Crippen LogP contribution in [0, 0.1) is 5.92 Å². The summed E-state index contributed by atoms with van der Waals surface area (Å²) in [7, 11) is 0. The molecule has 8 nitrogen and oxygen atoms in total. The molecule has 0 radical (unpaired) electrons. The van der Waals surface area contributed by atoms with Crippen LogP contribution in [0.25, 0.3) is 0 Å². The maximum Gasteiger partial charge on any atom is 0.232 e. The summed E-state index contributed by atoms with van der Waals surface area (Å²) in [6.45, 7) is 3.05. The quantitative estimate of drug-likeness (QED) is 0.840. The molecule has 1 amide bonds. The molecule has 3 heterocycles. The maximum absolute atomic E-state index is 12.2. The average molecular weight is 344 g/mol. The summed E-state index contributed by atoms with van der Waals surface area (Å²) in [6, 6.07) is 5.31. The van der Waals surface area contributed by atoms with Gasteiger partial charge in [0.2, 0.25) is 11.8 Å². The minimum Gasteiger partial charge on any atom is -0.486 e. The van der Waals surface area contributed by atoms with Crippen molar-refractivity contribution in [3.8, 4) is 11.5 Å². The molecule has 1 aromatic carbocycles. The largest absolute Gasteiger partial charge is 0.486 e. The molecule has 132 valence electrons. The summed E-state index contributed by atoms with van der Waals surface area (Å²) in [4.78, 5) is 16.5. The molecular weight excluding hydrogens is 324 g/mol. The minimum absolute atomic E-state index is 0.0703. The SMILES string of the molecule is O=C(Cc1noc(C[C@@H]2CCNC2)n1)Nc1ccc2c(c1)OCCO2. The van der Waals surface area contributed by atoms with Gasteiger partial charge in [0.05, 0.1) is 6.42 Å². The number of ether oxygens (including phenoxy) is 2. The van der Waals surface area contributed by atoms with E-state index in [1.165, 1.54) is 0 Å². The van der Waals surface area contributed by atoms with Crippen molar-refractivity contribution in [3.63, 3.8) is 0 Å². The lowest BCUT2D eigenvalue weighted by atomic mass is 10.1. The predicted octanol–water partition coefficient (Wildman–Crippen LogP) is 1.17. The normalized spacial score (nSPS) is 19.0. The summed E-state index contributed by atoms with van der Waals surface area (Å²) in [6.07, 6.45) is 1.94. The molecule has 2 N–H and O–H groups in total. The monoisotopic (exact) mass is 344 g/mol.